The normalized spacial score (nSPS) is 11.2. The lowest BCUT2D eigenvalue weighted by molar-refractivity contribution is 0.131. The van der Waals surface area contributed by atoms with Gasteiger partial charge in [0, 0.05) is 11.8 Å². The van der Waals surface area contributed by atoms with Gasteiger partial charge in [0.05, 0.1) is 5.69 Å². The minimum Gasteiger partial charge on any atom is -0.488 e. The van der Waals surface area contributed by atoms with E-state index in [1.807, 2.05) is 20.8 Å². The molecule has 0 bridgehead atoms. The van der Waals surface area contributed by atoms with Crippen molar-refractivity contribution in [1.82, 2.24) is 0 Å². The molecular formula is C16H17F2NO. The van der Waals surface area contributed by atoms with Crippen LogP contribution in [0.2, 0.25) is 0 Å². The van der Waals surface area contributed by atoms with Crippen LogP contribution in [0.4, 0.5) is 20.2 Å². The van der Waals surface area contributed by atoms with E-state index in [0.717, 1.165) is 11.8 Å². The van der Waals surface area contributed by atoms with Crippen LogP contribution in [0.3, 0.4) is 0 Å². The Morgan fingerprint density at radius 3 is 2.15 bits per heavy atom. The van der Waals surface area contributed by atoms with Crippen LogP contribution >= 0.6 is 0 Å². The van der Waals surface area contributed by atoms with Gasteiger partial charge in [-0.2, -0.15) is 0 Å². The highest BCUT2D eigenvalue weighted by atomic mass is 19.1. The zero-order valence-corrected chi connectivity index (χ0v) is 11.7. The van der Waals surface area contributed by atoms with E-state index >= 15 is 0 Å². The van der Waals surface area contributed by atoms with E-state index in [1.54, 1.807) is 24.3 Å². The summed E-state index contributed by atoms with van der Waals surface area (Å²) in [7, 11) is 0. The number of hydrogen-bond acceptors (Lipinski definition) is 2. The lowest BCUT2D eigenvalue weighted by atomic mass is 10.2. The third kappa shape index (κ3) is 3.95. The molecule has 0 aliphatic carbocycles. The molecule has 0 radical (unpaired) electrons. The van der Waals surface area contributed by atoms with E-state index in [0.29, 0.717) is 5.69 Å². The molecule has 2 nitrogen and oxygen atoms in total. The molecule has 0 saturated carbocycles. The van der Waals surface area contributed by atoms with Crippen LogP contribution < -0.4 is 10.1 Å². The van der Waals surface area contributed by atoms with E-state index in [-0.39, 0.29) is 11.3 Å². The van der Waals surface area contributed by atoms with Crippen LogP contribution in [0, 0.1) is 11.6 Å². The summed E-state index contributed by atoms with van der Waals surface area (Å²) in [5.41, 5.74) is 0.672. The SMILES string of the molecule is CC(C)(C)Oc1ccc(Nc2ccc(F)cc2F)cc1. The first-order valence-corrected chi connectivity index (χ1v) is 6.35. The molecule has 2 aromatic rings. The number of benzene rings is 2. The van der Waals surface area contributed by atoms with Gasteiger partial charge in [-0.15, -0.1) is 0 Å². The molecule has 0 unspecified atom stereocenters. The Morgan fingerprint density at radius 2 is 1.60 bits per heavy atom. The van der Waals surface area contributed by atoms with Gasteiger partial charge in [0.2, 0.25) is 0 Å². The maximum atomic E-state index is 13.5. The van der Waals surface area contributed by atoms with Gasteiger partial charge < -0.3 is 10.1 Å². The first-order chi connectivity index (χ1) is 9.33. The number of rotatable bonds is 3. The summed E-state index contributed by atoms with van der Waals surface area (Å²) in [4.78, 5) is 0. The summed E-state index contributed by atoms with van der Waals surface area (Å²) in [6, 6.07) is 10.6. The van der Waals surface area contributed by atoms with Crippen molar-refractivity contribution in [3.05, 3.63) is 54.1 Å². The van der Waals surface area contributed by atoms with Gasteiger partial charge >= 0.3 is 0 Å². The molecule has 0 aromatic heterocycles. The van der Waals surface area contributed by atoms with E-state index in [4.69, 9.17) is 4.74 Å². The van der Waals surface area contributed by atoms with Gasteiger partial charge in [-0.3, -0.25) is 0 Å². The van der Waals surface area contributed by atoms with Crippen molar-refractivity contribution < 1.29 is 13.5 Å². The van der Waals surface area contributed by atoms with Crippen LogP contribution in [0.15, 0.2) is 42.5 Å². The van der Waals surface area contributed by atoms with Crippen molar-refractivity contribution in [3.8, 4) is 5.75 Å². The molecule has 106 valence electrons. The van der Waals surface area contributed by atoms with Crippen LogP contribution in [-0.4, -0.2) is 5.60 Å². The fourth-order valence-electron chi connectivity index (χ4n) is 1.71. The second-order valence-corrected chi connectivity index (χ2v) is 5.49. The van der Waals surface area contributed by atoms with E-state index in [1.165, 1.54) is 12.1 Å². The molecule has 2 aromatic carbocycles. The maximum absolute atomic E-state index is 13.5. The van der Waals surface area contributed by atoms with Crippen molar-refractivity contribution in [2.75, 3.05) is 5.32 Å². The minimum atomic E-state index is -0.625. The summed E-state index contributed by atoms with van der Waals surface area (Å²) < 4.78 is 32.0. The van der Waals surface area contributed by atoms with E-state index in [9.17, 15) is 8.78 Å². The van der Waals surface area contributed by atoms with Crippen molar-refractivity contribution in [1.29, 1.82) is 0 Å². The summed E-state index contributed by atoms with van der Waals surface area (Å²) in [6.45, 7) is 5.90. The zero-order chi connectivity index (χ0) is 14.8. The van der Waals surface area contributed by atoms with Gasteiger partial charge in [0.15, 0.2) is 0 Å². The van der Waals surface area contributed by atoms with Gasteiger partial charge in [0.1, 0.15) is 23.0 Å². The largest absolute Gasteiger partial charge is 0.488 e. The number of ether oxygens (including phenoxy) is 1. The van der Waals surface area contributed by atoms with Crippen molar-refractivity contribution in [3.63, 3.8) is 0 Å². The molecule has 0 atom stereocenters. The predicted octanol–water partition coefficient (Wildman–Crippen LogP) is 4.89. The quantitative estimate of drug-likeness (QED) is 0.862. The second-order valence-electron chi connectivity index (χ2n) is 5.49. The Kier molecular flexibility index (Phi) is 3.93. The van der Waals surface area contributed by atoms with Crippen LogP contribution in [0.25, 0.3) is 0 Å². The molecule has 20 heavy (non-hydrogen) atoms. The monoisotopic (exact) mass is 277 g/mol. The van der Waals surface area contributed by atoms with Gasteiger partial charge in [-0.05, 0) is 57.2 Å². The highest BCUT2D eigenvalue weighted by molar-refractivity contribution is 5.60. The van der Waals surface area contributed by atoms with Crippen molar-refractivity contribution >= 4 is 11.4 Å². The minimum absolute atomic E-state index is 0.232. The summed E-state index contributed by atoms with van der Waals surface area (Å²) >= 11 is 0. The molecule has 0 aliphatic heterocycles. The van der Waals surface area contributed by atoms with Crippen LogP contribution in [-0.2, 0) is 0 Å². The maximum Gasteiger partial charge on any atom is 0.149 e. The van der Waals surface area contributed by atoms with E-state index in [2.05, 4.69) is 5.32 Å². The highest BCUT2D eigenvalue weighted by Gasteiger charge is 2.11. The lowest BCUT2D eigenvalue weighted by Gasteiger charge is -2.21. The molecule has 0 aliphatic rings. The smallest absolute Gasteiger partial charge is 0.149 e. The Hall–Kier alpha value is -2.10. The molecule has 1 N–H and O–H groups in total. The highest BCUT2D eigenvalue weighted by Crippen LogP contribution is 2.24. The Balaban J connectivity index is 2.11. The summed E-state index contributed by atoms with van der Waals surface area (Å²) in [6.07, 6.45) is 0. The lowest BCUT2D eigenvalue weighted by Crippen LogP contribution is -2.22. The third-order valence-electron chi connectivity index (χ3n) is 2.49. The molecule has 0 saturated heterocycles. The first-order valence-electron chi connectivity index (χ1n) is 6.35. The van der Waals surface area contributed by atoms with Gasteiger partial charge in [-0.1, -0.05) is 0 Å². The number of hydrogen-bond donors (Lipinski definition) is 1. The predicted molar refractivity (Wildman–Crippen MR) is 76.5 cm³/mol. The zero-order valence-electron chi connectivity index (χ0n) is 11.7. The molecule has 0 fully saturated rings. The third-order valence-corrected chi connectivity index (χ3v) is 2.49. The fourth-order valence-corrected chi connectivity index (χ4v) is 1.71. The molecule has 0 heterocycles. The molecule has 0 spiro atoms. The second kappa shape index (κ2) is 5.49. The van der Waals surface area contributed by atoms with Crippen molar-refractivity contribution in [2.45, 2.75) is 26.4 Å². The van der Waals surface area contributed by atoms with Gasteiger partial charge in [0.25, 0.3) is 0 Å². The average molecular weight is 277 g/mol. The summed E-state index contributed by atoms with van der Waals surface area (Å²) in [5, 5.41) is 2.89. The number of nitrogens with one attached hydrogen (secondary N) is 1. The molecular weight excluding hydrogens is 260 g/mol. The molecule has 0 amide bonds. The Morgan fingerprint density at radius 1 is 0.950 bits per heavy atom. The topological polar surface area (TPSA) is 21.3 Å². The van der Waals surface area contributed by atoms with Crippen LogP contribution in [0.5, 0.6) is 5.75 Å². The molecule has 2 rings (SSSR count). The first kappa shape index (κ1) is 14.3. The molecule has 4 heteroatoms. The van der Waals surface area contributed by atoms with E-state index < -0.39 is 11.6 Å². The average Bonchev–Trinajstić information content (AvgIpc) is 2.33. The standard InChI is InChI=1S/C16H17F2NO/c1-16(2,3)20-13-7-5-12(6-8-13)19-15-9-4-11(17)10-14(15)18/h4-10,19H,1-3H3. The van der Waals surface area contributed by atoms with Crippen molar-refractivity contribution in [2.24, 2.45) is 0 Å². The Bertz CT molecular complexity index is 588. The Labute approximate surface area is 117 Å². The van der Waals surface area contributed by atoms with Crippen LogP contribution in [0.1, 0.15) is 20.8 Å². The fraction of sp³-hybridized carbons (Fsp3) is 0.250. The summed E-state index contributed by atoms with van der Waals surface area (Å²) in [5.74, 6) is -0.482. The number of halogens is 2. The van der Waals surface area contributed by atoms with Gasteiger partial charge in [-0.25, -0.2) is 8.78 Å². The number of anilines is 2.